The highest BCUT2D eigenvalue weighted by molar-refractivity contribution is 5.70. The number of benzene rings is 2. The molecule has 2 aromatic rings. The quantitative estimate of drug-likeness (QED) is 0.347. The van der Waals surface area contributed by atoms with Gasteiger partial charge >= 0.3 is 11.9 Å². The van der Waals surface area contributed by atoms with Crippen LogP contribution < -0.4 is 9.47 Å². The summed E-state index contributed by atoms with van der Waals surface area (Å²) in [5.74, 6) is 0.402. The minimum absolute atomic E-state index is 0.324. The Bertz CT molecular complexity index is 862. The molecule has 29 heavy (non-hydrogen) atoms. The van der Waals surface area contributed by atoms with Crippen molar-refractivity contribution in [3.8, 4) is 11.5 Å². The van der Waals surface area contributed by atoms with Crippen molar-refractivity contribution in [2.45, 2.75) is 46.0 Å². The SMILES string of the molecule is C=CCc1cc(C(C)(C)c2ccc(OC(C)=O)c(CC=C)c2)ccc1OC(C)=O. The van der Waals surface area contributed by atoms with E-state index in [1.54, 1.807) is 12.2 Å². The van der Waals surface area contributed by atoms with Gasteiger partial charge in [0.05, 0.1) is 0 Å². The van der Waals surface area contributed by atoms with Crippen molar-refractivity contribution in [2.75, 3.05) is 0 Å². The average molecular weight is 392 g/mol. The molecule has 0 N–H and O–H groups in total. The van der Waals surface area contributed by atoms with Gasteiger partial charge in [-0.05, 0) is 47.2 Å². The number of ether oxygens (including phenoxy) is 2. The summed E-state index contributed by atoms with van der Waals surface area (Å²) in [6.45, 7) is 14.6. The third-order valence-corrected chi connectivity index (χ3v) is 4.80. The van der Waals surface area contributed by atoms with Gasteiger partial charge in [-0.3, -0.25) is 9.59 Å². The van der Waals surface area contributed by atoms with Gasteiger partial charge in [-0.25, -0.2) is 0 Å². The van der Waals surface area contributed by atoms with Crippen LogP contribution >= 0.6 is 0 Å². The fraction of sp³-hybridized carbons (Fsp3) is 0.280. The van der Waals surface area contributed by atoms with E-state index in [0.29, 0.717) is 24.3 Å². The maximum absolute atomic E-state index is 11.4. The fourth-order valence-corrected chi connectivity index (χ4v) is 3.24. The van der Waals surface area contributed by atoms with Crippen LogP contribution in [0, 0.1) is 0 Å². The van der Waals surface area contributed by atoms with Crippen LogP contribution in [-0.2, 0) is 27.8 Å². The van der Waals surface area contributed by atoms with Gasteiger partial charge in [-0.1, -0.05) is 50.3 Å². The van der Waals surface area contributed by atoms with E-state index in [0.717, 1.165) is 22.3 Å². The highest BCUT2D eigenvalue weighted by Gasteiger charge is 2.25. The molecule has 0 unspecified atom stereocenters. The molecule has 0 atom stereocenters. The molecule has 2 aromatic carbocycles. The summed E-state index contributed by atoms with van der Waals surface area (Å²) in [5.41, 5.74) is 3.65. The van der Waals surface area contributed by atoms with Crippen molar-refractivity contribution >= 4 is 11.9 Å². The normalized spacial score (nSPS) is 10.9. The molecule has 4 heteroatoms. The highest BCUT2D eigenvalue weighted by atomic mass is 16.5. The first-order valence-corrected chi connectivity index (χ1v) is 9.54. The first kappa shape index (κ1) is 22.2. The summed E-state index contributed by atoms with van der Waals surface area (Å²) in [6.07, 6.45) is 4.77. The average Bonchev–Trinajstić information content (AvgIpc) is 2.64. The van der Waals surface area contributed by atoms with Crippen molar-refractivity contribution in [1.82, 2.24) is 0 Å². The van der Waals surface area contributed by atoms with Crippen molar-refractivity contribution < 1.29 is 19.1 Å². The van der Waals surface area contributed by atoms with Crippen LogP contribution in [0.3, 0.4) is 0 Å². The topological polar surface area (TPSA) is 52.6 Å². The Morgan fingerprint density at radius 2 is 1.21 bits per heavy atom. The first-order chi connectivity index (χ1) is 13.7. The molecule has 0 aliphatic heterocycles. The Labute approximate surface area is 172 Å². The molecule has 2 rings (SSSR count). The summed E-state index contributed by atoms with van der Waals surface area (Å²) < 4.78 is 10.7. The Morgan fingerprint density at radius 1 is 0.828 bits per heavy atom. The largest absolute Gasteiger partial charge is 0.426 e. The lowest BCUT2D eigenvalue weighted by Crippen LogP contribution is -2.20. The van der Waals surface area contributed by atoms with Crippen molar-refractivity contribution in [1.29, 1.82) is 0 Å². The lowest BCUT2D eigenvalue weighted by atomic mass is 9.77. The standard InChI is InChI=1S/C25H28O4/c1-7-9-19-15-21(11-13-23(19)28-17(3)26)25(5,6)22-12-14-24(29-18(4)27)20(16-22)10-8-2/h7-8,11-16H,1-2,9-10H2,3-6H3. The van der Waals surface area contributed by atoms with E-state index in [1.807, 2.05) is 36.4 Å². The van der Waals surface area contributed by atoms with Crippen molar-refractivity contribution in [3.63, 3.8) is 0 Å². The Morgan fingerprint density at radius 3 is 1.52 bits per heavy atom. The van der Waals surface area contributed by atoms with E-state index in [-0.39, 0.29) is 17.4 Å². The third-order valence-electron chi connectivity index (χ3n) is 4.80. The summed E-state index contributed by atoms with van der Waals surface area (Å²) >= 11 is 0. The molecule has 0 amide bonds. The van der Waals surface area contributed by atoms with Crippen molar-refractivity contribution in [3.05, 3.63) is 84.0 Å². The van der Waals surface area contributed by atoms with Crippen LogP contribution in [0.5, 0.6) is 11.5 Å². The van der Waals surface area contributed by atoms with E-state index in [9.17, 15) is 9.59 Å². The maximum atomic E-state index is 11.4. The lowest BCUT2D eigenvalue weighted by Gasteiger charge is -2.28. The van der Waals surface area contributed by atoms with E-state index >= 15 is 0 Å². The van der Waals surface area contributed by atoms with E-state index in [1.165, 1.54) is 13.8 Å². The number of esters is 2. The zero-order valence-corrected chi connectivity index (χ0v) is 17.6. The lowest BCUT2D eigenvalue weighted by molar-refractivity contribution is -0.132. The van der Waals surface area contributed by atoms with Gasteiger partial charge in [0.15, 0.2) is 0 Å². The van der Waals surface area contributed by atoms with E-state index in [2.05, 4.69) is 27.0 Å². The van der Waals surface area contributed by atoms with Crippen LogP contribution in [0.4, 0.5) is 0 Å². The number of rotatable bonds is 8. The Hall–Kier alpha value is -3.14. The molecule has 0 aliphatic carbocycles. The van der Waals surface area contributed by atoms with Crippen molar-refractivity contribution in [2.24, 2.45) is 0 Å². The zero-order chi connectivity index (χ0) is 21.6. The minimum Gasteiger partial charge on any atom is -0.426 e. The zero-order valence-electron chi connectivity index (χ0n) is 17.6. The summed E-state index contributed by atoms with van der Waals surface area (Å²) in [6, 6.07) is 11.7. The van der Waals surface area contributed by atoms with E-state index in [4.69, 9.17) is 9.47 Å². The molecule has 0 radical (unpaired) electrons. The smallest absolute Gasteiger partial charge is 0.308 e. The second-order valence-corrected chi connectivity index (χ2v) is 7.44. The highest BCUT2D eigenvalue weighted by Crippen LogP contribution is 2.36. The van der Waals surface area contributed by atoms with Gasteiger partial charge in [0.2, 0.25) is 0 Å². The van der Waals surface area contributed by atoms with Crippen LogP contribution in [0.2, 0.25) is 0 Å². The van der Waals surface area contributed by atoms with Gasteiger partial charge in [0.1, 0.15) is 11.5 Å². The monoisotopic (exact) mass is 392 g/mol. The predicted octanol–water partition coefficient (Wildman–Crippen LogP) is 5.32. The number of allylic oxidation sites excluding steroid dienone is 2. The van der Waals surface area contributed by atoms with Crippen LogP contribution in [-0.4, -0.2) is 11.9 Å². The van der Waals surface area contributed by atoms with Gasteiger partial charge < -0.3 is 9.47 Å². The Balaban J connectivity index is 2.50. The summed E-state index contributed by atoms with van der Waals surface area (Å²) in [5, 5.41) is 0. The molecule has 0 saturated heterocycles. The van der Waals surface area contributed by atoms with Gasteiger partial charge in [0.25, 0.3) is 0 Å². The van der Waals surface area contributed by atoms with Gasteiger partial charge in [0, 0.05) is 19.3 Å². The molecule has 0 heterocycles. The molecule has 0 bridgehead atoms. The molecule has 4 nitrogen and oxygen atoms in total. The molecule has 0 saturated carbocycles. The third kappa shape index (κ3) is 5.44. The molecule has 0 spiro atoms. The van der Waals surface area contributed by atoms with Crippen LogP contribution in [0.15, 0.2) is 61.7 Å². The molecule has 152 valence electrons. The van der Waals surface area contributed by atoms with Gasteiger partial charge in [-0.2, -0.15) is 0 Å². The summed E-state index contributed by atoms with van der Waals surface area (Å²) in [4.78, 5) is 22.8. The maximum Gasteiger partial charge on any atom is 0.308 e. The molecule has 0 aromatic heterocycles. The molecule has 0 fully saturated rings. The van der Waals surface area contributed by atoms with Gasteiger partial charge in [-0.15, -0.1) is 13.2 Å². The van der Waals surface area contributed by atoms with E-state index < -0.39 is 0 Å². The van der Waals surface area contributed by atoms with Crippen LogP contribution in [0.25, 0.3) is 0 Å². The number of carbonyl (C=O) groups excluding carboxylic acids is 2. The fourth-order valence-electron chi connectivity index (χ4n) is 3.24. The second-order valence-electron chi connectivity index (χ2n) is 7.44. The molecule has 0 aliphatic rings. The molecular formula is C25H28O4. The number of hydrogen-bond donors (Lipinski definition) is 0. The first-order valence-electron chi connectivity index (χ1n) is 9.54. The molecular weight excluding hydrogens is 364 g/mol. The second kappa shape index (κ2) is 9.37. The number of carbonyl (C=O) groups is 2. The van der Waals surface area contributed by atoms with Crippen LogP contribution in [0.1, 0.15) is 49.9 Å². The predicted molar refractivity (Wildman–Crippen MR) is 115 cm³/mol. The number of hydrogen-bond acceptors (Lipinski definition) is 4. The Kier molecular flexibility index (Phi) is 7.16. The minimum atomic E-state index is -0.350. The summed E-state index contributed by atoms with van der Waals surface area (Å²) in [7, 11) is 0.